The third-order valence-electron chi connectivity index (χ3n) is 1.74. The SMILES string of the molecule is CC#CCCNc1cc(F)cc(F)c1F. The number of benzene rings is 1. The molecule has 0 heterocycles. The van der Waals surface area contributed by atoms with E-state index in [-0.39, 0.29) is 5.69 Å². The number of hydrogen-bond acceptors (Lipinski definition) is 1. The first-order valence-electron chi connectivity index (χ1n) is 4.43. The van der Waals surface area contributed by atoms with Gasteiger partial charge in [-0.15, -0.1) is 11.8 Å². The fourth-order valence-electron chi connectivity index (χ4n) is 1.07. The summed E-state index contributed by atoms with van der Waals surface area (Å²) >= 11 is 0. The summed E-state index contributed by atoms with van der Waals surface area (Å²) in [5, 5.41) is 2.57. The average molecular weight is 213 g/mol. The van der Waals surface area contributed by atoms with Gasteiger partial charge in [0, 0.05) is 25.1 Å². The van der Waals surface area contributed by atoms with Crippen LogP contribution in [0.5, 0.6) is 0 Å². The van der Waals surface area contributed by atoms with Crippen LogP contribution in [0.1, 0.15) is 13.3 Å². The van der Waals surface area contributed by atoms with E-state index in [0.29, 0.717) is 19.0 Å². The molecular weight excluding hydrogens is 203 g/mol. The molecule has 4 heteroatoms. The second-order valence-electron chi connectivity index (χ2n) is 2.85. The van der Waals surface area contributed by atoms with Gasteiger partial charge < -0.3 is 5.32 Å². The maximum Gasteiger partial charge on any atom is 0.182 e. The normalized spacial score (nSPS) is 9.33. The van der Waals surface area contributed by atoms with Gasteiger partial charge in [-0.1, -0.05) is 0 Å². The van der Waals surface area contributed by atoms with Gasteiger partial charge in [-0.25, -0.2) is 13.2 Å². The molecule has 15 heavy (non-hydrogen) atoms. The molecule has 0 aliphatic heterocycles. The molecule has 0 saturated carbocycles. The van der Waals surface area contributed by atoms with Crippen molar-refractivity contribution in [2.75, 3.05) is 11.9 Å². The Hall–Kier alpha value is -1.63. The minimum absolute atomic E-state index is 0.176. The summed E-state index contributed by atoms with van der Waals surface area (Å²) in [5.74, 6) is 2.33. The zero-order valence-electron chi connectivity index (χ0n) is 8.20. The van der Waals surface area contributed by atoms with Crippen molar-refractivity contribution in [3.8, 4) is 11.8 Å². The topological polar surface area (TPSA) is 12.0 Å². The Morgan fingerprint density at radius 3 is 2.67 bits per heavy atom. The number of halogens is 3. The lowest BCUT2D eigenvalue weighted by atomic mass is 10.2. The number of anilines is 1. The van der Waals surface area contributed by atoms with Gasteiger partial charge in [0.2, 0.25) is 0 Å². The van der Waals surface area contributed by atoms with Gasteiger partial charge >= 0.3 is 0 Å². The predicted octanol–water partition coefficient (Wildman–Crippen LogP) is 2.93. The third-order valence-corrected chi connectivity index (χ3v) is 1.74. The van der Waals surface area contributed by atoms with Crippen LogP contribution in [0.3, 0.4) is 0 Å². The van der Waals surface area contributed by atoms with Crippen molar-refractivity contribution in [2.45, 2.75) is 13.3 Å². The van der Waals surface area contributed by atoms with Crippen LogP contribution in [0.4, 0.5) is 18.9 Å². The second-order valence-corrected chi connectivity index (χ2v) is 2.85. The van der Waals surface area contributed by atoms with Crippen molar-refractivity contribution in [3.05, 3.63) is 29.6 Å². The minimum Gasteiger partial charge on any atom is -0.382 e. The molecule has 0 atom stereocenters. The van der Waals surface area contributed by atoms with Crippen LogP contribution in [0, 0.1) is 29.3 Å². The molecule has 1 aromatic carbocycles. The van der Waals surface area contributed by atoms with Gasteiger partial charge in [-0.05, 0) is 6.92 Å². The highest BCUT2D eigenvalue weighted by molar-refractivity contribution is 5.45. The molecular formula is C11H10F3N. The molecule has 0 fully saturated rings. The molecule has 0 saturated heterocycles. The lowest BCUT2D eigenvalue weighted by Crippen LogP contribution is -2.04. The Morgan fingerprint density at radius 1 is 1.27 bits per heavy atom. The lowest BCUT2D eigenvalue weighted by molar-refractivity contribution is 0.497. The Labute approximate surface area is 86.3 Å². The fourth-order valence-corrected chi connectivity index (χ4v) is 1.07. The molecule has 0 aliphatic rings. The summed E-state index contributed by atoms with van der Waals surface area (Å²) in [5.41, 5.74) is -0.176. The zero-order chi connectivity index (χ0) is 11.3. The molecule has 80 valence electrons. The molecule has 0 aromatic heterocycles. The molecule has 1 rings (SSSR count). The van der Waals surface area contributed by atoms with Crippen LogP contribution >= 0.6 is 0 Å². The molecule has 1 N–H and O–H groups in total. The molecule has 0 spiro atoms. The quantitative estimate of drug-likeness (QED) is 0.462. The van der Waals surface area contributed by atoms with Crippen LogP contribution in [-0.4, -0.2) is 6.54 Å². The maximum absolute atomic E-state index is 13.1. The van der Waals surface area contributed by atoms with Crippen LogP contribution in [0.15, 0.2) is 12.1 Å². The van der Waals surface area contributed by atoms with E-state index in [0.717, 1.165) is 6.07 Å². The first-order valence-corrected chi connectivity index (χ1v) is 4.43. The van der Waals surface area contributed by atoms with Gasteiger partial charge in [-0.2, -0.15) is 0 Å². The van der Waals surface area contributed by atoms with Gasteiger partial charge in [0.1, 0.15) is 5.82 Å². The highest BCUT2D eigenvalue weighted by atomic mass is 19.2. The fraction of sp³-hybridized carbons (Fsp3) is 0.273. The van der Waals surface area contributed by atoms with Crippen LogP contribution in [0.2, 0.25) is 0 Å². The molecule has 1 aromatic rings. The van der Waals surface area contributed by atoms with Crippen molar-refractivity contribution in [3.63, 3.8) is 0 Å². The van der Waals surface area contributed by atoms with E-state index in [1.165, 1.54) is 0 Å². The van der Waals surface area contributed by atoms with E-state index < -0.39 is 17.5 Å². The highest BCUT2D eigenvalue weighted by Gasteiger charge is 2.09. The van der Waals surface area contributed by atoms with Crippen molar-refractivity contribution in [1.82, 2.24) is 0 Å². The Balaban J connectivity index is 2.70. The van der Waals surface area contributed by atoms with Crippen LogP contribution in [-0.2, 0) is 0 Å². The zero-order valence-corrected chi connectivity index (χ0v) is 8.20. The van der Waals surface area contributed by atoms with E-state index in [1.54, 1.807) is 6.92 Å². The summed E-state index contributed by atoms with van der Waals surface area (Å²) in [7, 11) is 0. The predicted molar refractivity (Wildman–Crippen MR) is 52.9 cm³/mol. The largest absolute Gasteiger partial charge is 0.382 e. The summed E-state index contributed by atoms with van der Waals surface area (Å²) in [6, 6.07) is 1.42. The summed E-state index contributed by atoms with van der Waals surface area (Å²) in [6.45, 7) is 2.03. The number of rotatable bonds is 3. The second kappa shape index (κ2) is 5.30. The van der Waals surface area contributed by atoms with Gasteiger partial charge in [0.15, 0.2) is 11.6 Å². The van der Waals surface area contributed by atoms with Crippen LogP contribution < -0.4 is 5.32 Å². The molecule has 0 aliphatic carbocycles. The first kappa shape index (κ1) is 11.4. The Bertz CT molecular complexity index is 404. The molecule has 0 unspecified atom stereocenters. The van der Waals surface area contributed by atoms with Crippen molar-refractivity contribution in [1.29, 1.82) is 0 Å². The van der Waals surface area contributed by atoms with Gasteiger partial charge in [0.05, 0.1) is 5.69 Å². The smallest absolute Gasteiger partial charge is 0.182 e. The molecule has 0 amide bonds. The van der Waals surface area contributed by atoms with Crippen molar-refractivity contribution >= 4 is 5.69 Å². The molecule has 0 bridgehead atoms. The third kappa shape index (κ3) is 3.21. The molecule has 1 nitrogen and oxygen atoms in total. The maximum atomic E-state index is 13.1. The summed E-state index contributed by atoms with van der Waals surface area (Å²) < 4.78 is 38.5. The average Bonchev–Trinajstić information content (AvgIpc) is 2.19. The van der Waals surface area contributed by atoms with Crippen LogP contribution in [0.25, 0.3) is 0 Å². The Kier molecular flexibility index (Phi) is 4.04. The highest BCUT2D eigenvalue weighted by Crippen LogP contribution is 2.18. The summed E-state index contributed by atoms with van der Waals surface area (Å²) in [6.07, 6.45) is 0.494. The Morgan fingerprint density at radius 2 is 2.00 bits per heavy atom. The van der Waals surface area contributed by atoms with E-state index in [1.807, 2.05) is 0 Å². The minimum atomic E-state index is -1.20. The van der Waals surface area contributed by atoms with Crippen molar-refractivity contribution in [2.24, 2.45) is 0 Å². The van der Waals surface area contributed by atoms with E-state index in [2.05, 4.69) is 17.2 Å². The number of nitrogens with one attached hydrogen (secondary N) is 1. The lowest BCUT2D eigenvalue weighted by Gasteiger charge is -2.06. The van der Waals surface area contributed by atoms with Gasteiger partial charge in [0.25, 0.3) is 0 Å². The van der Waals surface area contributed by atoms with Crippen molar-refractivity contribution < 1.29 is 13.2 Å². The number of hydrogen-bond donors (Lipinski definition) is 1. The first-order chi connectivity index (χ1) is 7.15. The van der Waals surface area contributed by atoms with E-state index >= 15 is 0 Å². The van der Waals surface area contributed by atoms with E-state index in [9.17, 15) is 13.2 Å². The molecule has 0 radical (unpaired) electrons. The monoisotopic (exact) mass is 213 g/mol. The van der Waals surface area contributed by atoms with Gasteiger partial charge in [-0.3, -0.25) is 0 Å². The summed E-state index contributed by atoms with van der Waals surface area (Å²) in [4.78, 5) is 0. The van der Waals surface area contributed by atoms with E-state index in [4.69, 9.17) is 0 Å². The standard InChI is InChI=1S/C11H10F3N/c1-2-3-4-5-15-10-7-8(12)6-9(13)11(10)14/h6-7,15H,4-5H2,1H3.